The van der Waals surface area contributed by atoms with Gasteiger partial charge in [-0.15, -0.1) is 0 Å². The van der Waals surface area contributed by atoms with Gasteiger partial charge in [-0.05, 0) is 18.3 Å². The zero-order valence-electron chi connectivity index (χ0n) is 10.4. The fourth-order valence-electron chi connectivity index (χ4n) is 2.80. The van der Waals surface area contributed by atoms with Gasteiger partial charge >= 0.3 is 6.03 Å². The molecule has 1 saturated carbocycles. The van der Waals surface area contributed by atoms with Crippen LogP contribution < -0.4 is 10.6 Å². The van der Waals surface area contributed by atoms with E-state index in [2.05, 4.69) is 24.5 Å². The molecule has 1 atom stereocenters. The molecule has 1 unspecified atom stereocenters. The number of rotatable bonds is 4. The van der Waals surface area contributed by atoms with E-state index < -0.39 is 0 Å². The molecule has 0 spiro atoms. The first-order valence-electron chi connectivity index (χ1n) is 6.36. The van der Waals surface area contributed by atoms with Crippen molar-refractivity contribution in [3.8, 4) is 0 Å². The van der Waals surface area contributed by atoms with Gasteiger partial charge in [0.2, 0.25) is 0 Å². The summed E-state index contributed by atoms with van der Waals surface area (Å²) in [6.07, 6.45) is 3.92. The van der Waals surface area contributed by atoms with Gasteiger partial charge in [0, 0.05) is 32.2 Å². The Balaban J connectivity index is 1.70. The summed E-state index contributed by atoms with van der Waals surface area (Å²) in [6.45, 7) is 8.07. The van der Waals surface area contributed by atoms with Crippen LogP contribution in [0.2, 0.25) is 0 Å². The number of hydrogen-bond acceptors (Lipinski definition) is 2. The van der Waals surface area contributed by atoms with E-state index in [-0.39, 0.29) is 6.03 Å². The molecule has 2 amide bonds. The quantitative estimate of drug-likeness (QED) is 0.754. The maximum atomic E-state index is 11.3. The Morgan fingerprint density at radius 3 is 2.94 bits per heavy atom. The van der Waals surface area contributed by atoms with Crippen molar-refractivity contribution in [1.82, 2.24) is 15.5 Å². The zero-order chi connectivity index (χ0) is 11.6. The third-order valence-electron chi connectivity index (χ3n) is 3.97. The van der Waals surface area contributed by atoms with Crippen LogP contribution >= 0.6 is 0 Å². The van der Waals surface area contributed by atoms with Crippen molar-refractivity contribution >= 4 is 6.03 Å². The lowest BCUT2D eigenvalue weighted by atomic mass is 9.87. The van der Waals surface area contributed by atoms with Crippen molar-refractivity contribution in [1.29, 1.82) is 0 Å². The van der Waals surface area contributed by atoms with E-state index >= 15 is 0 Å². The second-order valence-corrected chi connectivity index (χ2v) is 5.61. The number of nitrogens with one attached hydrogen (secondary N) is 2. The number of hydrogen-bond donors (Lipinski definition) is 2. The van der Waals surface area contributed by atoms with Crippen LogP contribution in [0, 0.1) is 5.41 Å². The summed E-state index contributed by atoms with van der Waals surface area (Å²) in [5.74, 6) is 0. The molecule has 0 bridgehead atoms. The first-order chi connectivity index (χ1) is 7.59. The van der Waals surface area contributed by atoms with E-state index in [0.717, 1.165) is 26.2 Å². The van der Waals surface area contributed by atoms with Gasteiger partial charge in [0.25, 0.3) is 0 Å². The second-order valence-electron chi connectivity index (χ2n) is 5.61. The van der Waals surface area contributed by atoms with Crippen LogP contribution in [0.15, 0.2) is 0 Å². The van der Waals surface area contributed by atoms with Crippen LogP contribution in [0.5, 0.6) is 0 Å². The minimum absolute atomic E-state index is 0.0903. The normalized spacial score (nSPS) is 28.5. The molecule has 4 heteroatoms. The number of amides is 2. The lowest BCUT2D eigenvalue weighted by Gasteiger charge is -2.28. The van der Waals surface area contributed by atoms with Crippen LogP contribution in [-0.2, 0) is 0 Å². The van der Waals surface area contributed by atoms with Gasteiger partial charge in [0.15, 0.2) is 0 Å². The predicted octanol–water partition coefficient (Wildman–Crippen LogP) is 1.18. The minimum Gasteiger partial charge on any atom is -0.336 e. The number of urea groups is 1. The highest BCUT2D eigenvalue weighted by atomic mass is 16.2. The van der Waals surface area contributed by atoms with Crippen LogP contribution in [0.4, 0.5) is 4.79 Å². The lowest BCUT2D eigenvalue weighted by Crippen LogP contribution is -2.42. The standard InChI is InChI=1S/C12H23N3O/c1-12(2)5-3-4-10(12)13-6-8-15-9-7-14-11(15)16/h10,13H,3-9H2,1-2H3,(H,14,16). The van der Waals surface area contributed by atoms with Gasteiger partial charge in [-0.3, -0.25) is 0 Å². The van der Waals surface area contributed by atoms with E-state index in [1.54, 1.807) is 0 Å². The van der Waals surface area contributed by atoms with Crippen molar-refractivity contribution in [2.75, 3.05) is 26.2 Å². The smallest absolute Gasteiger partial charge is 0.317 e. The van der Waals surface area contributed by atoms with Crippen LogP contribution in [0.1, 0.15) is 33.1 Å². The number of nitrogens with zero attached hydrogens (tertiary/aromatic N) is 1. The molecule has 92 valence electrons. The Morgan fingerprint density at radius 2 is 2.38 bits per heavy atom. The molecule has 0 aromatic heterocycles. The topological polar surface area (TPSA) is 44.4 Å². The molecule has 2 fully saturated rings. The van der Waals surface area contributed by atoms with Crippen LogP contribution in [0.25, 0.3) is 0 Å². The molecule has 1 aliphatic carbocycles. The summed E-state index contributed by atoms with van der Waals surface area (Å²) >= 11 is 0. The third kappa shape index (κ3) is 2.48. The van der Waals surface area contributed by atoms with Crippen molar-refractivity contribution < 1.29 is 4.79 Å². The highest BCUT2D eigenvalue weighted by molar-refractivity contribution is 5.76. The van der Waals surface area contributed by atoms with Gasteiger partial charge in [-0.25, -0.2) is 4.79 Å². The maximum Gasteiger partial charge on any atom is 0.317 e. The molecule has 0 radical (unpaired) electrons. The molecule has 1 heterocycles. The third-order valence-corrected chi connectivity index (χ3v) is 3.97. The molecular formula is C12H23N3O. The van der Waals surface area contributed by atoms with E-state index in [0.29, 0.717) is 11.5 Å². The van der Waals surface area contributed by atoms with E-state index in [1.165, 1.54) is 19.3 Å². The highest BCUT2D eigenvalue weighted by Gasteiger charge is 2.33. The van der Waals surface area contributed by atoms with Crippen LogP contribution in [0.3, 0.4) is 0 Å². The molecule has 1 aliphatic heterocycles. The molecule has 16 heavy (non-hydrogen) atoms. The van der Waals surface area contributed by atoms with Gasteiger partial charge in [-0.2, -0.15) is 0 Å². The predicted molar refractivity (Wildman–Crippen MR) is 64.4 cm³/mol. The summed E-state index contributed by atoms with van der Waals surface area (Å²) < 4.78 is 0. The van der Waals surface area contributed by atoms with Crippen molar-refractivity contribution in [2.45, 2.75) is 39.2 Å². The molecule has 2 N–H and O–H groups in total. The summed E-state index contributed by atoms with van der Waals surface area (Å²) in [6, 6.07) is 0.714. The van der Waals surface area contributed by atoms with Crippen molar-refractivity contribution in [2.24, 2.45) is 5.41 Å². The second kappa shape index (κ2) is 4.62. The molecule has 1 saturated heterocycles. The van der Waals surface area contributed by atoms with Crippen molar-refractivity contribution in [3.05, 3.63) is 0 Å². The molecule has 0 aromatic rings. The maximum absolute atomic E-state index is 11.3. The fraction of sp³-hybridized carbons (Fsp3) is 0.917. The Kier molecular flexibility index (Phi) is 3.38. The molecular weight excluding hydrogens is 202 g/mol. The monoisotopic (exact) mass is 225 g/mol. The Morgan fingerprint density at radius 1 is 1.56 bits per heavy atom. The lowest BCUT2D eigenvalue weighted by molar-refractivity contribution is 0.214. The van der Waals surface area contributed by atoms with E-state index in [1.807, 2.05) is 4.90 Å². The summed E-state index contributed by atoms with van der Waals surface area (Å²) in [5.41, 5.74) is 0.424. The van der Waals surface area contributed by atoms with Crippen LogP contribution in [-0.4, -0.2) is 43.2 Å². The van der Waals surface area contributed by atoms with E-state index in [4.69, 9.17) is 0 Å². The first kappa shape index (κ1) is 11.7. The number of carbonyl (C=O) groups is 1. The number of carbonyl (C=O) groups excluding carboxylic acids is 1. The van der Waals surface area contributed by atoms with Gasteiger partial charge in [0.1, 0.15) is 0 Å². The zero-order valence-corrected chi connectivity index (χ0v) is 10.4. The summed E-state index contributed by atoms with van der Waals surface area (Å²) in [5, 5.41) is 6.42. The van der Waals surface area contributed by atoms with Gasteiger partial charge in [0.05, 0.1) is 0 Å². The highest BCUT2D eigenvalue weighted by Crippen LogP contribution is 2.36. The molecule has 4 nitrogen and oxygen atoms in total. The Hall–Kier alpha value is -0.770. The van der Waals surface area contributed by atoms with Crippen molar-refractivity contribution in [3.63, 3.8) is 0 Å². The molecule has 0 aromatic carbocycles. The largest absolute Gasteiger partial charge is 0.336 e. The van der Waals surface area contributed by atoms with Gasteiger partial charge < -0.3 is 15.5 Å². The summed E-state index contributed by atoms with van der Waals surface area (Å²) in [7, 11) is 0. The first-order valence-corrected chi connectivity index (χ1v) is 6.36. The Bertz CT molecular complexity index is 265. The average molecular weight is 225 g/mol. The average Bonchev–Trinajstić information content (AvgIpc) is 2.75. The molecule has 2 aliphatic rings. The SMILES string of the molecule is CC1(C)CCCC1NCCN1CCNC1=O. The summed E-state index contributed by atoms with van der Waals surface area (Å²) in [4.78, 5) is 13.2. The molecule has 2 rings (SSSR count). The minimum atomic E-state index is 0.0903. The fourth-order valence-corrected chi connectivity index (χ4v) is 2.80. The Labute approximate surface area is 97.8 Å². The van der Waals surface area contributed by atoms with Gasteiger partial charge in [-0.1, -0.05) is 20.3 Å². The van der Waals surface area contributed by atoms with E-state index in [9.17, 15) is 4.79 Å².